The summed E-state index contributed by atoms with van der Waals surface area (Å²) in [5.41, 5.74) is 1.29. The summed E-state index contributed by atoms with van der Waals surface area (Å²) in [5, 5.41) is 2.96. The zero-order valence-electron chi connectivity index (χ0n) is 12.9. The standard InChI is InChI=1S/C15H18ClN3O3S/c1-3-7-19-8-6-17-15(19)23(21,22)10-14(20)18-13-9-12(16)5-4-11(13)2/h4-6,8-9H,3,7,10H2,1-2H3,(H,18,20). The molecule has 0 aliphatic rings. The van der Waals surface area contributed by atoms with E-state index in [0.717, 1.165) is 12.0 Å². The van der Waals surface area contributed by atoms with Crippen molar-refractivity contribution in [2.45, 2.75) is 32.0 Å². The van der Waals surface area contributed by atoms with Gasteiger partial charge < -0.3 is 9.88 Å². The number of rotatable bonds is 6. The van der Waals surface area contributed by atoms with Gasteiger partial charge in [-0.1, -0.05) is 24.6 Å². The minimum atomic E-state index is -3.81. The van der Waals surface area contributed by atoms with E-state index < -0.39 is 21.5 Å². The maximum atomic E-state index is 12.4. The number of sulfone groups is 1. The van der Waals surface area contributed by atoms with Gasteiger partial charge in [0.15, 0.2) is 0 Å². The Labute approximate surface area is 140 Å². The van der Waals surface area contributed by atoms with Crippen LogP contribution in [0.15, 0.2) is 35.7 Å². The van der Waals surface area contributed by atoms with Crippen LogP contribution in [0.2, 0.25) is 5.02 Å². The van der Waals surface area contributed by atoms with E-state index in [0.29, 0.717) is 17.3 Å². The average molecular weight is 356 g/mol. The van der Waals surface area contributed by atoms with Crippen LogP contribution in [0.25, 0.3) is 0 Å². The van der Waals surface area contributed by atoms with Gasteiger partial charge in [-0.15, -0.1) is 0 Å². The molecule has 0 atom stereocenters. The molecule has 0 unspecified atom stereocenters. The van der Waals surface area contributed by atoms with Crippen molar-refractivity contribution in [3.63, 3.8) is 0 Å². The number of aromatic nitrogens is 2. The first-order chi connectivity index (χ1) is 10.8. The molecular weight excluding hydrogens is 338 g/mol. The Morgan fingerprint density at radius 1 is 1.39 bits per heavy atom. The summed E-state index contributed by atoms with van der Waals surface area (Å²) in [6.45, 7) is 4.27. The Balaban J connectivity index is 2.15. The number of carbonyl (C=O) groups excluding carboxylic acids is 1. The normalized spacial score (nSPS) is 11.4. The molecule has 0 saturated heterocycles. The lowest BCUT2D eigenvalue weighted by Crippen LogP contribution is -2.25. The molecular formula is C15H18ClN3O3S. The Bertz CT molecular complexity index is 815. The molecule has 1 amide bonds. The van der Waals surface area contributed by atoms with Crippen molar-refractivity contribution < 1.29 is 13.2 Å². The second-order valence-corrected chi connectivity index (χ2v) is 7.49. The summed E-state index contributed by atoms with van der Waals surface area (Å²) in [5.74, 6) is -1.29. The molecule has 1 N–H and O–H groups in total. The lowest BCUT2D eigenvalue weighted by Gasteiger charge is -2.10. The van der Waals surface area contributed by atoms with E-state index in [1.807, 2.05) is 6.92 Å². The van der Waals surface area contributed by atoms with Crippen LogP contribution >= 0.6 is 11.6 Å². The van der Waals surface area contributed by atoms with E-state index in [1.165, 1.54) is 10.8 Å². The van der Waals surface area contributed by atoms with Gasteiger partial charge >= 0.3 is 0 Å². The minimum absolute atomic E-state index is 0.0858. The fourth-order valence-electron chi connectivity index (χ4n) is 2.14. The van der Waals surface area contributed by atoms with Gasteiger partial charge in [-0.25, -0.2) is 13.4 Å². The molecule has 1 aromatic carbocycles. The number of anilines is 1. The maximum Gasteiger partial charge on any atom is 0.240 e. The molecule has 124 valence electrons. The highest BCUT2D eigenvalue weighted by molar-refractivity contribution is 7.92. The summed E-state index contributed by atoms with van der Waals surface area (Å²) >= 11 is 5.89. The lowest BCUT2D eigenvalue weighted by atomic mass is 10.2. The second kappa shape index (κ2) is 7.14. The highest BCUT2D eigenvalue weighted by Crippen LogP contribution is 2.20. The molecule has 1 heterocycles. The van der Waals surface area contributed by atoms with Crippen molar-refractivity contribution in [3.8, 4) is 0 Å². The number of hydrogen-bond acceptors (Lipinski definition) is 4. The molecule has 0 spiro atoms. The number of benzene rings is 1. The summed E-state index contributed by atoms with van der Waals surface area (Å²) < 4.78 is 26.3. The Morgan fingerprint density at radius 2 is 2.13 bits per heavy atom. The van der Waals surface area contributed by atoms with E-state index in [2.05, 4.69) is 10.3 Å². The molecule has 2 rings (SSSR count). The number of halogens is 1. The topological polar surface area (TPSA) is 81.1 Å². The van der Waals surface area contributed by atoms with Crippen LogP contribution in [0.1, 0.15) is 18.9 Å². The molecule has 0 radical (unpaired) electrons. The maximum absolute atomic E-state index is 12.4. The summed E-state index contributed by atoms with van der Waals surface area (Å²) in [6.07, 6.45) is 3.78. The van der Waals surface area contributed by atoms with Crippen LogP contribution in [0.3, 0.4) is 0 Å². The first-order valence-corrected chi connectivity index (χ1v) is 9.16. The smallest absolute Gasteiger partial charge is 0.240 e. The minimum Gasteiger partial charge on any atom is -0.325 e. The highest BCUT2D eigenvalue weighted by atomic mass is 35.5. The van der Waals surface area contributed by atoms with Gasteiger partial charge in [0.05, 0.1) is 0 Å². The van der Waals surface area contributed by atoms with Crippen molar-refractivity contribution in [2.75, 3.05) is 11.1 Å². The SMILES string of the molecule is CCCn1ccnc1S(=O)(=O)CC(=O)Nc1cc(Cl)ccc1C. The van der Waals surface area contributed by atoms with E-state index in [4.69, 9.17) is 11.6 Å². The van der Waals surface area contributed by atoms with Crippen molar-refractivity contribution in [1.29, 1.82) is 0 Å². The highest BCUT2D eigenvalue weighted by Gasteiger charge is 2.24. The number of carbonyl (C=O) groups is 1. The van der Waals surface area contributed by atoms with Gasteiger partial charge in [0.25, 0.3) is 0 Å². The molecule has 0 bridgehead atoms. The predicted molar refractivity (Wildman–Crippen MR) is 89.4 cm³/mol. The van der Waals surface area contributed by atoms with Gasteiger partial charge in [0.1, 0.15) is 5.75 Å². The zero-order chi connectivity index (χ0) is 17.0. The molecule has 0 saturated carbocycles. The first kappa shape index (κ1) is 17.5. The monoisotopic (exact) mass is 355 g/mol. The number of nitrogens with zero attached hydrogens (tertiary/aromatic N) is 2. The predicted octanol–water partition coefficient (Wildman–Crippen LogP) is 2.67. The Hall–Kier alpha value is -1.86. The van der Waals surface area contributed by atoms with Crippen molar-refractivity contribution in [3.05, 3.63) is 41.2 Å². The Kier molecular flexibility index (Phi) is 5.43. The quantitative estimate of drug-likeness (QED) is 0.863. The van der Waals surface area contributed by atoms with Crippen LogP contribution < -0.4 is 5.32 Å². The molecule has 0 aliphatic heterocycles. The molecule has 0 aliphatic carbocycles. The van der Waals surface area contributed by atoms with Gasteiger partial charge in [-0.3, -0.25) is 4.79 Å². The van der Waals surface area contributed by atoms with Crippen LogP contribution in [-0.2, 0) is 21.2 Å². The van der Waals surface area contributed by atoms with Crippen LogP contribution in [0.4, 0.5) is 5.69 Å². The molecule has 6 nitrogen and oxygen atoms in total. The third kappa shape index (κ3) is 4.33. The van der Waals surface area contributed by atoms with Gasteiger partial charge in [0.2, 0.25) is 20.9 Å². The summed E-state index contributed by atoms with van der Waals surface area (Å²) in [7, 11) is -3.81. The molecule has 2 aromatic rings. The van der Waals surface area contributed by atoms with Crippen LogP contribution in [-0.4, -0.2) is 29.6 Å². The van der Waals surface area contributed by atoms with Gasteiger partial charge in [-0.2, -0.15) is 0 Å². The number of amides is 1. The molecule has 23 heavy (non-hydrogen) atoms. The fourth-order valence-corrected chi connectivity index (χ4v) is 3.59. The number of aryl methyl sites for hydroxylation is 2. The number of hydrogen-bond donors (Lipinski definition) is 1. The molecule has 1 aromatic heterocycles. The van der Waals surface area contributed by atoms with Crippen LogP contribution in [0, 0.1) is 6.92 Å². The van der Waals surface area contributed by atoms with Crippen LogP contribution in [0.5, 0.6) is 0 Å². The van der Waals surface area contributed by atoms with Crippen molar-refractivity contribution in [2.24, 2.45) is 0 Å². The average Bonchev–Trinajstić information content (AvgIpc) is 2.92. The van der Waals surface area contributed by atoms with E-state index in [9.17, 15) is 13.2 Å². The van der Waals surface area contributed by atoms with Gasteiger partial charge in [-0.05, 0) is 31.0 Å². The third-order valence-electron chi connectivity index (χ3n) is 3.21. The third-order valence-corrected chi connectivity index (χ3v) is 4.99. The summed E-state index contributed by atoms with van der Waals surface area (Å²) in [4.78, 5) is 16.0. The van der Waals surface area contributed by atoms with E-state index in [-0.39, 0.29) is 5.16 Å². The Morgan fingerprint density at radius 3 is 2.83 bits per heavy atom. The molecule has 0 fully saturated rings. The first-order valence-electron chi connectivity index (χ1n) is 7.13. The van der Waals surface area contributed by atoms with Crippen molar-refractivity contribution in [1.82, 2.24) is 9.55 Å². The second-order valence-electron chi connectivity index (χ2n) is 5.17. The number of nitrogens with one attached hydrogen (secondary N) is 1. The summed E-state index contributed by atoms with van der Waals surface area (Å²) in [6, 6.07) is 5.03. The van der Waals surface area contributed by atoms with Gasteiger partial charge in [0, 0.05) is 29.6 Å². The number of imidazole rings is 1. The molecule has 8 heteroatoms. The fraction of sp³-hybridized carbons (Fsp3) is 0.333. The van der Waals surface area contributed by atoms with E-state index >= 15 is 0 Å². The zero-order valence-corrected chi connectivity index (χ0v) is 14.5. The largest absolute Gasteiger partial charge is 0.325 e. The lowest BCUT2D eigenvalue weighted by molar-refractivity contribution is -0.113. The van der Waals surface area contributed by atoms with E-state index in [1.54, 1.807) is 31.3 Å². The van der Waals surface area contributed by atoms with Crippen molar-refractivity contribution >= 4 is 33.0 Å².